The molecule has 2 aromatic rings. The molecule has 0 bridgehead atoms. The van der Waals surface area contributed by atoms with Crippen LogP contribution in [0.1, 0.15) is 21.5 Å². The maximum atomic E-state index is 12.0. The van der Waals surface area contributed by atoms with Crippen LogP contribution >= 0.6 is 0 Å². The highest BCUT2D eigenvalue weighted by Gasteiger charge is 2.31. The first-order chi connectivity index (χ1) is 10.8. The minimum atomic E-state index is -4.76. The van der Waals surface area contributed by atoms with Gasteiger partial charge in [0.1, 0.15) is 5.75 Å². The number of rotatable bonds is 4. The monoisotopic (exact) mass is 322 g/mol. The minimum absolute atomic E-state index is 0.167. The average molecular weight is 322 g/mol. The van der Waals surface area contributed by atoms with E-state index in [1.54, 1.807) is 0 Å². The zero-order valence-electron chi connectivity index (χ0n) is 12.1. The molecule has 4 nitrogen and oxygen atoms in total. The number of hydrogen-bond donors (Lipinski definition) is 1. The van der Waals surface area contributed by atoms with Crippen molar-refractivity contribution in [2.75, 3.05) is 0 Å². The Bertz CT molecular complexity index is 693. The lowest BCUT2D eigenvalue weighted by Gasteiger charge is -2.08. The summed E-state index contributed by atoms with van der Waals surface area (Å²) in [4.78, 5) is 11.8. The van der Waals surface area contributed by atoms with Gasteiger partial charge in [0.2, 0.25) is 0 Å². The van der Waals surface area contributed by atoms with Gasteiger partial charge in [0.05, 0.1) is 6.21 Å². The first kappa shape index (κ1) is 16.5. The molecule has 0 aromatic heterocycles. The average Bonchev–Trinajstić information content (AvgIpc) is 2.48. The van der Waals surface area contributed by atoms with Crippen LogP contribution in [0.15, 0.2) is 53.6 Å². The van der Waals surface area contributed by atoms with E-state index >= 15 is 0 Å². The van der Waals surface area contributed by atoms with Crippen molar-refractivity contribution in [3.63, 3.8) is 0 Å². The van der Waals surface area contributed by atoms with Crippen LogP contribution in [0.5, 0.6) is 5.75 Å². The van der Waals surface area contributed by atoms with Crippen molar-refractivity contribution in [3.05, 3.63) is 65.2 Å². The number of nitrogens with zero attached hydrogens (tertiary/aromatic N) is 1. The first-order valence-corrected chi connectivity index (χ1v) is 6.59. The van der Waals surface area contributed by atoms with Crippen LogP contribution in [0.25, 0.3) is 0 Å². The van der Waals surface area contributed by atoms with Gasteiger partial charge in [0.25, 0.3) is 5.91 Å². The molecule has 0 fully saturated rings. The van der Waals surface area contributed by atoms with Gasteiger partial charge < -0.3 is 4.74 Å². The molecular weight excluding hydrogens is 309 g/mol. The molecule has 0 saturated heterocycles. The lowest BCUT2D eigenvalue weighted by Crippen LogP contribution is -2.19. The summed E-state index contributed by atoms with van der Waals surface area (Å²) in [5.41, 5.74) is 4.38. The van der Waals surface area contributed by atoms with E-state index in [0.29, 0.717) is 0 Å². The van der Waals surface area contributed by atoms with Crippen molar-refractivity contribution >= 4 is 12.1 Å². The fourth-order valence-electron chi connectivity index (χ4n) is 1.69. The van der Waals surface area contributed by atoms with Crippen LogP contribution < -0.4 is 10.2 Å². The van der Waals surface area contributed by atoms with Gasteiger partial charge in [-0.1, -0.05) is 29.8 Å². The predicted molar refractivity (Wildman–Crippen MR) is 79.4 cm³/mol. The number of alkyl halides is 3. The standard InChI is InChI=1S/C16H13F3N2O2/c1-11-2-4-12(5-3-11)10-20-21-15(22)13-6-8-14(9-7-13)23-16(17,18)19/h2-10H,1H3,(H,21,22)/b20-10+. The molecule has 2 aromatic carbocycles. The van der Waals surface area contributed by atoms with E-state index in [0.717, 1.165) is 23.3 Å². The number of nitrogens with one attached hydrogen (secondary N) is 1. The highest BCUT2D eigenvalue weighted by atomic mass is 19.4. The Labute approximate surface area is 130 Å². The van der Waals surface area contributed by atoms with Gasteiger partial charge in [-0.05, 0) is 36.8 Å². The van der Waals surface area contributed by atoms with E-state index in [-0.39, 0.29) is 5.56 Å². The third-order valence-electron chi connectivity index (χ3n) is 2.81. The number of carbonyl (C=O) groups excluding carboxylic acids is 1. The fraction of sp³-hybridized carbons (Fsp3) is 0.125. The summed E-state index contributed by atoms with van der Waals surface area (Å²) >= 11 is 0. The van der Waals surface area contributed by atoms with Crippen molar-refractivity contribution in [1.29, 1.82) is 0 Å². The second-order valence-electron chi connectivity index (χ2n) is 4.68. The molecule has 120 valence electrons. The van der Waals surface area contributed by atoms with E-state index in [9.17, 15) is 18.0 Å². The maximum absolute atomic E-state index is 12.0. The van der Waals surface area contributed by atoms with Crippen LogP contribution in [0, 0.1) is 6.92 Å². The molecule has 0 spiro atoms. The predicted octanol–water partition coefficient (Wildman–Crippen LogP) is 3.66. The van der Waals surface area contributed by atoms with E-state index in [4.69, 9.17) is 0 Å². The normalized spacial score (nSPS) is 11.5. The van der Waals surface area contributed by atoms with Gasteiger partial charge in [-0.15, -0.1) is 13.2 Å². The van der Waals surface area contributed by atoms with Gasteiger partial charge in [-0.3, -0.25) is 4.79 Å². The quantitative estimate of drug-likeness (QED) is 0.690. The second kappa shape index (κ2) is 6.95. The highest BCUT2D eigenvalue weighted by Crippen LogP contribution is 2.22. The Morgan fingerprint density at radius 3 is 2.26 bits per heavy atom. The van der Waals surface area contributed by atoms with Crippen molar-refractivity contribution in [2.24, 2.45) is 5.10 Å². The Hall–Kier alpha value is -2.83. The molecule has 0 aliphatic rings. The van der Waals surface area contributed by atoms with Crippen LogP contribution in [-0.2, 0) is 0 Å². The fourth-order valence-corrected chi connectivity index (χ4v) is 1.69. The van der Waals surface area contributed by atoms with Gasteiger partial charge in [-0.25, -0.2) is 5.43 Å². The number of benzene rings is 2. The Morgan fingerprint density at radius 1 is 1.09 bits per heavy atom. The summed E-state index contributed by atoms with van der Waals surface area (Å²) in [5.74, 6) is -0.927. The zero-order chi connectivity index (χ0) is 16.9. The lowest BCUT2D eigenvalue weighted by molar-refractivity contribution is -0.274. The van der Waals surface area contributed by atoms with Gasteiger partial charge in [0, 0.05) is 5.56 Å². The van der Waals surface area contributed by atoms with E-state index < -0.39 is 18.0 Å². The lowest BCUT2D eigenvalue weighted by atomic mass is 10.2. The van der Waals surface area contributed by atoms with Crippen molar-refractivity contribution in [2.45, 2.75) is 13.3 Å². The van der Waals surface area contributed by atoms with Gasteiger partial charge in [-0.2, -0.15) is 5.10 Å². The van der Waals surface area contributed by atoms with Crippen molar-refractivity contribution in [1.82, 2.24) is 5.43 Å². The molecule has 1 amide bonds. The molecule has 0 radical (unpaired) electrons. The Kier molecular flexibility index (Phi) is 5.00. The van der Waals surface area contributed by atoms with Crippen LogP contribution in [-0.4, -0.2) is 18.5 Å². The van der Waals surface area contributed by atoms with Crippen LogP contribution in [0.3, 0.4) is 0 Å². The zero-order valence-corrected chi connectivity index (χ0v) is 12.1. The number of carbonyl (C=O) groups is 1. The van der Waals surface area contributed by atoms with Gasteiger partial charge >= 0.3 is 6.36 Å². The molecule has 1 N–H and O–H groups in total. The third kappa shape index (κ3) is 5.46. The number of amides is 1. The molecule has 23 heavy (non-hydrogen) atoms. The number of hydrogen-bond acceptors (Lipinski definition) is 3. The summed E-state index contributed by atoms with van der Waals surface area (Å²) in [6, 6.07) is 12.1. The second-order valence-corrected chi connectivity index (χ2v) is 4.68. The SMILES string of the molecule is Cc1ccc(/C=N/NC(=O)c2ccc(OC(F)(F)F)cc2)cc1. The van der Waals surface area contributed by atoms with E-state index in [1.807, 2.05) is 31.2 Å². The summed E-state index contributed by atoms with van der Waals surface area (Å²) in [5, 5.41) is 3.79. The third-order valence-corrected chi connectivity index (χ3v) is 2.81. The van der Waals surface area contributed by atoms with Crippen molar-refractivity contribution < 1.29 is 22.7 Å². The summed E-state index contributed by atoms with van der Waals surface area (Å²) < 4.78 is 39.8. The van der Waals surface area contributed by atoms with Crippen molar-refractivity contribution in [3.8, 4) is 5.75 Å². The molecule has 7 heteroatoms. The van der Waals surface area contributed by atoms with Crippen LogP contribution in [0.4, 0.5) is 13.2 Å². The number of aryl methyl sites for hydroxylation is 1. The summed E-state index contributed by atoms with van der Waals surface area (Å²) in [6.07, 6.45) is -3.29. The Morgan fingerprint density at radius 2 is 1.70 bits per heavy atom. The molecule has 0 saturated carbocycles. The largest absolute Gasteiger partial charge is 0.573 e. The topological polar surface area (TPSA) is 50.7 Å². The maximum Gasteiger partial charge on any atom is 0.573 e. The molecule has 2 rings (SSSR count). The summed E-state index contributed by atoms with van der Waals surface area (Å²) in [7, 11) is 0. The van der Waals surface area contributed by atoms with E-state index in [2.05, 4.69) is 15.3 Å². The number of ether oxygens (including phenoxy) is 1. The first-order valence-electron chi connectivity index (χ1n) is 6.59. The number of halogens is 3. The molecule has 0 heterocycles. The minimum Gasteiger partial charge on any atom is -0.406 e. The van der Waals surface area contributed by atoms with E-state index in [1.165, 1.54) is 18.3 Å². The smallest absolute Gasteiger partial charge is 0.406 e. The number of hydrazone groups is 1. The Balaban J connectivity index is 1.94. The van der Waals surface area contributed by atoms with Crippen LogP contribution in [0.2, 0.25) is 0 Å². The molecule has 0 aliphatic carbocycles. The molecule has 0 atom stereocenters. The molecular formula is C16H13F3N2O2. The van der Waals surface area contributed by atoms with Gasteiger partial charge in [0.15, 0.2) is 0 Å². The molecule has 0 unspecified atom stereocenters. The highest BCUT2D eigenvalue weighted by molar-refractivity contribution is 5.94. The molecule has 0 aliphatic heterocycles. The summed E-state index contributed by atoms with van der Waals surface area (Å²) in [6.45, 7) is 1.95.